The molecule has 19 heavy (non-hydrogen) atoms. The summed E-state index contributed by atoms with van der Waals surface area (Å²) in [7, 11) is 0. The first-order valence-electron chi connectivity index (χ1n) is 7.07. The Morgan fingerprint density at radius 3 is 2.42 bits per heavy atom. The number of aliphatic carboxylic acids is 1. The fourth-order valence-corrected chi connectivity index (χ4v) is 1.87. The van der Waals surface area contributed by atoms with Crippen LogP contribution in [0.15, 0.2) is 24.3 Å². The monoisotopic (exact) mass is 263 g/mol. The molecule has 0 aliphatic rings. The topological polar surface area (TPSA) is 49.3 Å². The van der Waals surface area contributed by atoms with Crippen molar-refractivity contribution in [1.82, 2.24) is 5.32 Å². The first kappa shape index (κ1) is 15.7. The van der Waals surface area contributed by atoms with Crippen LogP contribution in [0.3, 0.4) is 0 Å². The lowest BCUT2D eigenvalue weighted by atomic mass is 9.98. The Morgan fingerprint density at radius 2 is 1.89 bits per heavy atom. The summed E-state index contributed by atoms with van der Waals surface area (Å²) in [4.78, 5) is 10.7. The maximum absolute atomic E-state index is 10.7. The summed E-state index contributed by atoms with van der Waals surface area (Å²) in [6.45, 7) is 7.71. The Morgan fingerprint density at radius 1 is 1.26 bits per heavy atom. The highest BCUT2D eigenvalue weighted by Gasteiger charge is 2.09. The Kier molecular flexibility index (Phi) is 6.57. The van der Waals surface area contributed by atoms with Crippen molar-refractivity contribution >= 4 is 5.97 Å². The van der Waals surface area contributed by atoms with Crippen molar-refractivity contribution in [3.8, 4) is 0 Å². The van der Waals surface area contributed by atoms with Crippen molar-refractivity contribution in [2.45, 2.75) is 46.1 Å². The normalized spacial score (nSPS) is 14.1. The molecule has 3 heteroatoms. The smallest absolute Gasteiger partial charge is 0.306 e. The minimum Gasteiger partial charge on any atom is -0.481 e. The molecule has 2 N–H and O–H groups in total. The molecular weight excluding hydrogens is 238 g/mol. The molecule has 0 radical (unpaired) electrons. The molecule has 1 aromatic carbocycles. The van der Waals surface area contributed by atoms with Crippen LogP contribution in [0, 0.1) is 5.92 Å². The van der Waals surface area contributed by atoms with Crippen molar-refractivity contribution in [2.24, 2.45) is 5.92 Å². The van der Waals surface area contributed by atoms with E-state index in [-0.39, 0.29) is 5.92 Å². The van der Waals surface area contributed by atoms with E-state index < -0.39 is 5.97 Å². The predicted octanol–water partition coefficient (Wildman–Crippen LogP) is 3.40. The SMILES string of the molecule is CCC(C)c1ccc(CNCCC(C)C(=O)O)cc1. The summed E-state index contributed by atoms with van der Waals surface area (Å²) >= 11 is 0. The van der Waals surface area contributed by atoms with Gasteiger partial charge in [-0.2, -0.15) is 0 Å². The van der Waals surface area contributed by atoms with Gasteiger partial charge in [-0.05, 0) is 36.4 Å². The van der Waals surface area contributed by atoms with Crippen LogP contribution in [0.25, 0.3) is 0 Å². The second kappa shape index (κ2) is 7.95. The van der Waals surface area contributed by atoms with Crippen LogP contribution in [-0.4, -0.2) is 17.6 Å². The fraction of sp³-hybridized carbons (Fsp3) is 0.562. The molecule has 0 saturated heterocycles. The number of carboxylic acid groups (broad SMARTS) is 1. The summed E-state index contributed by atoms with van der Waals surface area (Å²) in [5.74, 6) is -0.390. The highest BCUT2D eigenvalue weighted by molar-refractivity contribution is 5.69. The molecule has 2 atom stereocenters. The van der Waals surface area contributed by atoms with E-state index in [1.54, 1.807) is 6.92 Å². The number of carboxylic acids is 1. The minimum absolute atomic E-state index is 0.278. The molecule has 0 heterocycles. The first-order valence-corrected chi connectivity index (χ1v) is 7.07. The molecule has 0 aliphatic carbocycles. The standard InChI is InChI=1S/C16H25NO2/c1-4-12(2)15-7-5-14(6-8-15)11-17-10-9-13(3)16(18)19/h5-8,12-13,17H,4,9-11H2,1-3H3,(H,18,19). The lowest BCUT2D eigenvalue weighted by Gasteiger charge is -2.11. The van der Waals surface area contributed by atoms with Crippen LogP contribution in [0.2, 0.25) is 0 Å². The van der Waals surface area contributed by atoms with Gasteiger partial charge in [0.05, 0.1) is 5.92 Å². The van der Waals surface area contributed by atoms with Gasteiger partial charge >= 0.3 is 5.97 Å². The van der Waals surface area contributed by atoms with E-state index in [1.165, 1.54) is 11.1 Å². The highest BCUT2D eigenvalue weighted by Crippen LogP contribution is 2.18. The lowest BCUT2D eigenvalue weighted by molar-refractivity contribution is -0.141. The summed E-state index contributed by atoms with van der Waals surface area (Å²) in [5.41, 5.74) is 2.63. The lowest BCUT2D eigenvalue weighted by Crippen LogP contribution is -2.20. The number of benzene rings is 1. The average Bonchev–Trinajstić information content (AvgIpc) is 2.43. The maximum Gasteiger partial charge on any atom is 0.306 e. The minimum atomic E-state index is -0.722. The van der Waals surface area contributed by atoms with Crippen LogP contribution in [0.4, 0.5) is 0 Å². The molecular formula is C16H25NO2. The van der Waals surface area contributed by atoms with Crippen molar-refractivity contribution < 1.29 is 9.90 Å². The van der Waals surface area contributed by atoms with Crippen LogP contribution < -0.4 is 5.32 Å². The molecule has 0 aromatic heterocycles. The number of rotatable bonds is 8. The largest absolute Gasteiger partial charge is 0.481 e. The summed E-state index contributed by atoms with van der Waals surface area (Å²) < 4.78 is 0. The second-order valence-corrected chi connectivity index (χ2v) is 5.26. The molecule has 0 spiro atoms. The first-order chi connectivity index (χ1) is 9.04. The molecule has 1 rings (SSSR count). The molecule has 2 unspecified atom stereocenters. The van der Waals surface area contributed by atoms with Gasteiger partial charge in [0.2, 0.25) is 0 Å². The van der Waals surface area contributed by atoms with E-state index in [1.807, 2.05) is 0 Å². The van der Waals surface area contributed by atoms with Gasteiger partial charge in [-0.3, -0.25) is 4.79 Å². The van der Waals surface area contributed by atoms with E-state index in [9.17, 15) is 4.79 Å². The molecule has 0 fully saturated rings. The molecule has 0 saturated carbocycles. The van der Waals surface area contributed by atoms with Gasteiger partial charge in [-0.15, -0.1) is 0 Å². The van der Waals surface area contributed by atoms with Crippen LogP contribution in [0.1, 0.15) is 50.7 Å². The third kappa shape index (κ3) is 5.43. The van der Waals surface area contributed by atoms with Crippen molar-refractivity contribution in [3.63, 3.8) is 0 Å². The van der Waals surface area contributed by atoms with E-state index in [0.29, 0.717) is 12.3 Å². The fourth-order valence-electron chi connectivity index (χ4n) is 1.87. The maximum atomic E-state index is 10.7. The van der Waals surface area contributed by atoms with E-state index in [2.05, 4.69) is 43.4 Å². The average molecular weight is 263 g/mol. The molecule has 0 aliphatic heterocycles. The van der Waals surface area contributed by atoms with Gasteiger partial charge in [-0.1, -0.05) is 45.0 Å². The highest BCUT2D eigenvalue weighted by atomic mass is 16.4. The summed E-state index contributed by atoms with van der Waals surface area (Å²) in [5, 5.41) is 12.1. The summed E-state index contributed by atoms with van der Waals surface area (Å²) in [6, 6.07) is 8.67. The van der Waals surface area contributed by atoms with Crippen molar-refractivity contribution in [1.29, 1.82) is 0 Å². The van der Waals surface area contributed by atoms with Gasteiger partial charge in [-0.25, -0.2) is 0 Å². The third-order valence-electron chi connectivity index (χ3n) is 3.67. The molecule has 1 aromatic rings. The molecule has 106 valence electrons. The Bertz CT molecular complexity index is 386. The molecule has 3 nitrogen and oxygen atoms in total. The zero-order valence-electron chi connectivity index (χ0n) is 12.1. The number of hydrogen-bond donors (Lipinski definition) is 2. The van der Waals surface area contributed by atoms with Gasteiger partial charge in [0.25, 0.3) is 0 Å². The Balaban J connectivity index is 2.32. The molecule has 0 bridgehead atoms. The zero-order valence-corrected chi connectivity index (χ0v) is 12.1. The predicted molar refractivity (Wildman–Crippen MR) is 78.3 cm³/mol. The van der Waals surface area contributed by atoms with Crippen molar-refractivity contribution in [2.75, 3.05) is 6.54 Å². The van der Waals surface area contributed by atoms with Crippen LogP contribution >= 0.6 is 0 Å². The van der Waals surface area contributed by atoms with Crippen LogP contribution in [-0.2, 0) is 11.3 Å². The van der Waals surface area contributed by atoms with Gasteiger partial charge in [0.1, 0.15) is 0 Å². The van der Waals surface area contributed by atoms with Gasteiger partial charge in [0.15, 0.2) is 0 Å². The molecule has 0 amide bonds. The zero-order chi connectivity index (χ0) is 14.3. The Labute approximate surface area is 116 Å². The van der Waals surface area contributed by atoms with E-state index in [4.69, 9.17) is 5.11 Å². The third-order valence-corrected chi connectivity index (χ3v) is 3.67. The van der Waals surface area contributed by atoms with E-state index >= 15 is 0 Å². The quantitative estimate of drug-likeness (QED) is 0.707. The number of nitrogens with one attached hydrogen (secondary N) is 1. The summed E-state index contributed by atoms with van der Waals surface area (Å²) in [6.07, 6.45) is 1.82. The second-order valence-electron chi connectivity index (χ2n) is 5.26. The van der Waals surface area contributed by atoms with E-state index in [0.717, 1.165) is 19.5 Å². The van der Waals surface area contributed by atoms with Gasteiger partial charge in [0, 0.05) is 6.54 Å². The van der Waals surface area contributed by atoms with Crippen LogP contribution in [0.5, 0.6) is 0 Å². The Hall–Kier alpha value is -1.35. The van der Waals surface area contributed by atoms with Gasteiger partial charge < -0.3 is 10.4 Å². The van der Waals surface area contributed by atoms with Crippen molar-refractivity contribution in [3.05, 3.63) is 35.4 Å². The number of carbonyl (C=O) groups is 1. The number of hydrogen-bond acceptors (Lipinski definition) is 2.